The van der Waals surface area contributed by atoms with Gasteiger partial charge in [-0.15, -0.1) is 0 Å². The predicted molar refractivity (Wildman–Crippen MR) is 82.9 cm³/mol. The number of benzene rings is 1. The first-order valence-corrected chi connectivity index (χ1v) is 7.86. The van der Waals surface area contributed by atoms with Crippen LogP contribution in [0.5, 0.6) is 5.75 Å². The predicted octanol–water partition coefficient (Wildman–Crippen LogP) is 3.20. The van der Waals surface area contributed by atoms with Gasteiger partial charge in [-0.05, 0) is 62.5 Å². The van der Waals surface area contributed by atoms with Gasteiger partial charge in [0.2, 0.25) is 0 Å². The summed E-state index contributed by atoms with van der Waals surface area (Å²) in [5, 5.41) is 13.2. The minimum Gasteiger partial charge on any atom is -0.494 e. The molecule has 0 saturated heterocycles. The molecule has 1 fully saturated rings. The van der Waals surface area contributed by atoms with Crippen LogP contribution in [0.4, 0.5) is 0 Å². The minimum atomic E-state index is -0.648. The van der Waals surface area contributed by atoms with Crippen LogP contribution < -0.4 is 10.1 Å². The first-order chi connectivity index (χ1) is 10.2. The van der Waals surface area contributed by atoms with Crippen molar-refractivity contribution >= 4 is 17.6 Å². The second kappa shape index (κ2) is 8.25. The Labute approximate surface area is 130 Å². The van der Waals surface area contributed by atoms with Crippen LogP contribution in [0.15, 0.2) is 24.3 Å². The Bertz CT molecular complexity index is 449. The first kappa shape index (κ1) is 16.1. The highest BCUT2D eigenvalue weighted by atomic mass is 35.5. The summed E-state index contributed by atoms with van der Waals surface area (Å²) in [4.78, 5) is 11.1. The molecule has 0 heterocycles. The van der Waals surface area contributed by atoms with Crippen molar-refractivity contribution in [1.82, 2.24) is 5.32 Å². The number of halogens is 1. The lowest BCUT2D eigenvalue weighted by molar-refractivity contribution is -0.142. The van der Waals surface area contributed by atoms with E-state index < -0.39 is 5.97 Å². The van der Waals surface area contributed by atoms with E-state index in [9.17, 15) is 4.79 Å². The molecule has 2 unspecified atom stereocenters. The molecule has 2 atom stereocenters. The van der Waals surface area contributed by atoms with E-state index in [0.29, 0.717) is 11.6 Å². The molecule has 2 rings (SSSR count). The van der Waals surface area contributed by atoms with Crippen molar-refractivity contribution in [2.24, 2.45) is 11.8 Å². The number of aliphatic carboxylic acids is 1. The first-order valence-electron chi connectivity index (χ1n) is 7.48. The van der Waals surface area contributed by atoms with E-state index in [1.807, 2.05) is 12.1 Å². The Balaban J connectivity index is 1.56. The summed E-state index contributed by atoms with van der Waals surface area (Å²) in [5.41, 5.74) is 0. The Morgan fingerprint density at radius 2 is 2.10 bits per heavy atom. The monoisotopic (exact) mass is 311 g/mol. The van der Waals surface area contributed by atoms with Crippen LogP contribution in [0.1, 0.15) is 25.7 Å². The Morgan fingerprint density at radius 1 is 1.33 bits per heavy atom. The summed E-state index contributed by atoms with van der Waals surface area (Å²) >= 11 is 5.80. The zero-order chi connectivity index (χ0) is 15.1. The van der Waals surface area contributed by atoms with Crippen molar-refractivity contribution in [2.45, 2.75) is 25.7 Å². The van der Waals surface area contributed by atoms with Crippen molar-refractivity contribution < 1.29 is 14.6 Å². The molecule has 0 bridgehead atoms. The second-order valence-corrected chi connectivity index (χ2v) is 5.93. The van der Waals surface area contributed by atoms with E-state index in [1.165, 1.54) is 0 Å². The number of rotatable bonds is 8. The highest BCUT2D eigenvalue weighted by molar-refractivity contribution is 6.30. The van der Waals surface area contributed by atoms with E-state index in [2.05, 4.69) is 5.32 Å². The number of ether oxygens (including phenoxy) is 1. The van der Waals surface area contributed by atoms with Crippen LogP contribution in [0.2, 0.25) is 5.02 Å². The maximum Gasteiger partial charge on any atom is 0.306 e. The third-order valence-corrected chi connectivity index (χ3v) is 4.22. The van der Waals surface area contributed by atoms with Gasteiger partial charge in [-0.1, -0.05) is 18.0 Å². The fourth-order valence-electron chi connectivity index (χ4n) is 2.81. The summed E-state index contributed by atoms with van der Waals surface area (Å²) in [7, 11) is 0. The molecule has 5 heteroatoms. The van der Waals surface area contributed by atoms with Gasteiger partial charge in [-0.2, -0.15) is 0 Å². The number of hydrogen-bond acceptors (Lipinski definition) is 3. The van der Waals surface area contributed by atoms with Crippen LogP contribution >= 0.6 is 11.6 Å². The summed E-state index contributed by atoms with van der Waals surface area (Å²) in [6, 6.07) is 7.32. The maximum atomic E-state index is 11.1. The number of carbonyl (C=O) groups is 1. The lowest BCUT2D eigenvalue weighted by Crippen LogP contribution is -2.30. The molecule has 0 radical (unpaired) electrons. The Kier molecular flexibility index (Phi) is 6.33. The van der Waals surface area contributed by atoms with Crippen molar-refractivity contribution in [3.05, 3.63) is 29.3 Å². The van der Waals surface area contributed by atoms with E-state index in [0.717, 1.165) is 44.5 Å². The molecular weight excluding hydrogens is 290 g/mol. The largest absolute Gasteiger partial charge is 0.494 e. The average molecular weight is 312 g/mol. The SMILES string of the molecule is O=C(O)C1CCCC1CNCCCOc1ccc(Cl)cc1. The third kappa shape index (κ3) is 5.21. The summed E-state index contributed by atoms with van der Waals surface area (Å²) < 4.78 is 5.60. The summed E-state index contributed by atoms with van der Waals surface area (Å²) in [6.45, 7) is 2.27. The lowest BCUT2D eigenvalue weighted by atomic mass is 9.96. The van der Waals surface area contributed by atoms with Gasteiger partial charge in [0.25, 0.3) is 0 Å². The number of nitrogens with one attached hydrogen (secondary N) is 1. The molecular formula is C16H22ClNO3. The maximum absolute atomic E-state index is 11.1. The van der Waals surface area contributed by atoms with E-state index in [1.54, 1.807) is 12.1 Å². The van der Waals surface area contributed by atoms with Crippen LogP contribution in [0.25, 0.3) is 0 Å². The number of carboxylic acids is 1. The van der Waals surface area contributed by atoms with Crippen LogP contribution in [0.3, 0.4) is 0 Å². The molecule has 2 N–H and O–H groups in total. The van der Waals surface area contributed by atoms with Gasteiger partial charge < -0.3 is 15.2 Å². The van der Waals surface area contributed by atoms with Crippen LogP contribution in [0, 0.1) is 11.8 Å². The molecule has 1 saturated carbocycles. The minimum absolute atomic E-state index is 0.164. The quantitative estimate of drug-likeness (QED) is 0.724. The van der Waals surface area contributed by atoms with Crippen molar-refractivity contribution in [3.8, 4) is 5.75 Å². The Morgan fingerprint density at radius 3 is 2.81 bits per heavy atom. The van der Waals surface area contributed by atoms with E-state index in [4.69, 9.17) is 21.4 Å². The molecule has 21 heavy (non-hydrogen) atoms. The van der Waals surface area contributed by atoms with Crippen LogP contribution in [-0.4, -0.2) is 30.8 Å². The molecule has 1 aliphatic rings. The third-order valence-electron chi connectivity index (χ3n) is 3.96. The molecule has 4 nitrogen and oxygen atoms in total. The van der Waals surface area contributed by atoms with Crippen molar-refractivity contribution in [2.75, 3.05) is 19.7 Å². The van der Waals surface area contributed by atoms with E-state index >= 15 is 0 Å². The van der Waals surface area contributed by atoms with Gasteiger partial charge in [-0.25, -0.2) is 0 Å². The lowest BCUT2D eigenvalue weighted by Gasteiger charge is -2.16. The highest BCUT2D eigenvalue weighted by Gasteiger charge is 2.32. The smallest absolute Gasteiger partial charge is 0.306 e. The van der Waals surface area contributed by atoms with Crippen molar-refractivity contribution in [3.63, 3.8) is 0 Å². The summed E-state index contributed by atoms with van der Waals surface area (Å²) in [6.07, 6.45) is 3.77. The van der Waals surface area contributed by atoms with Crippen molar-refractivity contribution in [1.29, 1.82) is 0 Å². The molecule has 1 aliphatic carbocycles. The van der Waals surface area contributed by atoms with Gasteiger partial charge >= 0.3 is 5.97 Å². The highest BCUT2D eigenvalue weighted by Crippen LogP contribution is 2.31. The fraction of sp³-hybridized carbons (Fsp3) is 0.562. The zero-order valence-corrected chi connectivity index (χ0v) is 12.8. The number of hydrogen-bond donors (Lipinski definition) is 2. The van der Waals surface area contributed by atoms with Gasteiger partial charge in [-0.3, -0.25) is 4.79 Å². The fourth-order valence-corrected chi connectivity index (χ4v) is 2.94. The second-order valence-electron chi connectivity index (χ2n) is 5.50. The Hall–Kier alpha value is -1.26. The van der Waals surface area contributed by atoms with Gasteiger partial charge in [0, 0.05) is 5.02 Å². The average Bonchev–Trinajstić information content (AvgIpc) is 2.93. The van der Waals surface area contributed by atoms with Crippen LogP contribution in [-0.2, 0) is 4.79 Å². The molecule has 0 amide bonds. The molecule has 0 aliphatic heterocycles. The zero-order valence-electron chi connectivity index (χ0n) is 12.1. The summed E-state index contributed by atoms with van der Waals surface area (Å²) in [5.74, 6) is 0.286. The standard InChI is InChI=1S/C16H22ClNO3/c17-13-5-7-14(8-6-13)21-10-2-9-18-11-12-3-1-4-15(12)16(19)20/h5-8,12,15,18H,1-4,9-11H2,(H,19,20). The topological polar surface area (TPSA) is 58.6 Å². The van der Waals surface area contributed by atoms with Gasteiger partial charge in [0.15, 0.2) is 0 Å². The molecule has 0 aromatic heterocycles. The molecule has 0 spiro atoms. The number of carboxylic acid groups (broad SMARTS) is 1. The van der Waals surface area contributed by atoms with Gasteiger partial charge in [0.05, 0.1) is 12.5 Å². The normalized spacial score (nSPS) is 21.4. The molecule has 116 valence electrons. The molecule has 1 aromatic rings. The van der Waals surface area contributed by atoms with Gasteiger partial charge in [0.1, 0.15) is 5.75 Å². The van der Waals surface area contributed by atoms with E-state index in [-0.39, 0.29) is 11.8 Å². The molecule has 1 aromatic carbocycles.